The molecule has 2 heteroatoms. The highest BCUT2D eigenvalue weighted by molar-refractivity contribution is 6.53. The lowest BCUT2D eigenvalue weighted by Crippen LogP contribution is -2.45. The first-order valence-electron chi connectivity index (χ1n) is 5.35. The highest BCUT2D eigenvalue weighted by atomic mass is 15.3. The van der Waals surface area contributed by atoms with Crippen LogP contribution in [0.2, 0.25) is 0 Å². The van der Waals surface area contributed by atoms with E-state index in [9.17, 15) is 0 Å². The second-order valence-electron chi connectivity index (χ2n) is 4.58. The maximum Gasteiger partial charge on any atom is 0.0728 e. The van der Waals surface area contributed by atoms with Crippen LogP contribution in [0, 0.1) is 0 Å². The van der Waals surface area contributed by atoms with Crippen LogP contribution in [0.25, 0.3) is 0 Å². The van der Waals surface area contributed by atoms with Gasteiger partial charge in [-0.3, -0.25) is 0 Å². The molecule has 0 aliphatic carbocycles. The first kappa shape index (κ1) is 10.3. The highest BCUT2D eigenvalue weighted by Gasteiger charge is 2.06. The average Bonchev–Trinajstić information content (AvgIpc) is 2.17. The topological polar surface area (TPSA) is 0 Å². The molecule has 1 aromatic rings. The second-order valence-corrected chi connectivity index (χ2v) is 4.58. The molecule has 0 aliphatic heterocycles. The second kappa shape index (κ2) is 4.47. The number of benzene rings is 1. The quantitative estimate of drug-likeness (QED) is 0.465. The van der Waals surface area contributed by atoms with Crippen LogP contribution in [0.3, 0.4) is 0 Å². The minimum absolute atomic E-state index is 0.0693. The van der Waals surface area contributed by atoms with Crippen molar-refractivity contribution in [3.8, 4) is 0 Å². The molecule has 72 valence electrons. The Labute approximate surface area is 82.2 Å². The van der Waals surface area contributed by atoms with Crippen LogP contribution in [-0.4, -0.2) is 38.8 Å². The lowest BCUT2D eigenvalue weighted by Gasteiger charge is -2.31. The van der Waals surface area contributed by atoms with E-state index >= 15 is 0 Å². The summed E-state index contributed by atoms with van der Waals surface area (Å²) in [5, 5.41) is 0. The summed E-state index contributed by atoms with van der Waals surface area (Å²) in [6.07, 6.45) is 1.35. The van der Waals surface area contributed by atoms with E-state index in [1.54, 1.807) is 5.46 Å². The van der Waals surface area contributed by atoms with Gasteiger partial charge in [0.05, 0.1) is 27.9 Å². The monoisotopic (exact) mass is 177 g/mol. The summed E-state index contributed by atoms with van der Waals surface area (Å²) in [4.78, 5) is 0. The fourth-order valence-corrected chi connectivity index (χ4v) is 1.60. The molecule has 0 saturated carbocycles. The Bertz CT molecular complexity index is 244. The van der Waals surface area contributed by atoms with Crippen molar-refractivity contribution in [1.29, 1.82) is 0 Å². The molecule has 0 aromatic heterocycles. The summed E-state index contributed by atoms with van der Waals surface area (Å²) in [5.74, 6) is 0. The van der Waals surface area contributed by atoms with Gasteiger partial charge in [-0.15, -0.1) is 0 Å². The van der Waals surface area contributed by atoms with Crippen molar-refractivity contribution in [3.63, 3.8) is 0 Å². The smallest absolute Gasteiger partial charge is 0.0728 e. The van der Waals surface area contributed by atoms with Crippen molar-refractivity contribution >= 4 is 12.7 Å². The van der Waals surface area contributed by atoms with Gasteiger partial charge in [0, 0.05) is 0 Å². The Hall–Kier alpha value is -0.755. The van der Waals surface area contributed by atoms with E-state index in [1.807, 2.05) is 0 Å². The maximum atomic E-state index is 2.31. The summed E-state index contributed by atoms with van der Waals surface area (Å²) in [6, 6.07) is 10.9. The molecule has 1 aromatic carbocycles. The largest absolute Gasteiger partial charge is 0.359 e. The lowest BCUT2D eigenvalue weighted by atomic mass is 9.69. The van der Waals surface area contributed by atoms with Crippen molar-refractivity contribution in [1.82, 2.24) is 0 Å². The van der Waals surface area contributed by atoms with Gasteiger partial charge in [0.25, 0.3) is 0 Å². The zero-order valence-corrected chi connectivity index (χ0v) is 9.25. The molecule has 1 rings (SSSR count). The van der Waals surface area contributed by atoms with Crippen molar-refractivity contribution in [2.45, 2.75) is 6.92 Å². The molecule has 13 heavy (non-hydrogen) atoms. The fourth-order valence-electron chi connectivity index (χ4n) is 1.60. The molecule has 0 amide bonds. The van der Waals surface area contributed by atoms with E-state index in [0.29, 0.717) is 0 Å². The zero-order chi connectivity index (χ0) is 9.73. The van der Waals surface area contributed by atoms with Crippen LogP contribution in [-0.2, 0) is 0 Å². The molecule has 0 heterocycles. The fraction of sp³-hybridized carbons (Fsp3) is 0.455. The Morgan fingerprint density at radius 3 is 2.31 bits per heavy atom. The molecule has 0 N–H and O–H groups in total. The molecule has 0 unspecified atom stereocenters. The third kappa shape index (κ3) is 3.64. The van der Waals surface area contributed by atoms with Crippen molar-refractivity contribution < 1.29 is 4.48 Å². The van der Waals surface area contributed by atoms with Gasteiger partial charge in [0.15, 0.2) is 0 Å². The predicted molar refractivity (Wildman–Crippen MR) is 62.1 cm³/mol. The summed E-state index contributed by atoms with van der Waals surface area (Å²) >= 11 is 0. The van der Waals surface area contributed by atoms with E-state index in [1.165, 1.54) is 13.0 Å². The number of hydrogen-bond donors (Lipinski definition) is 0. The van der Waals surface area contributed by atoms with E-state index in [2.05, 4.69) is 51.4 Å². The summed E-state index contributed by atoms with van der Waals surface area (Å²) in [7, 11) is 4.69. The van der Waals surface area contributed by atoms with Crippen LogP contribution in [0.5, 0.6) is 0 Å². The van der Waals surface area contributed by atoms with E-state index in [-0.39, 0.29) is 7.28 Å². The minimum Gasteiger partial charge on any atom is -0.359 e. The van der Waals surface area contributed by atoms with Gasteiger partial charge in [0.1, 0.15) is 0 Å². The van der Waals surface area contributed by atoms with Crippen LogP contribution in [0.1, 0.15) is 6.92 Å². The Kier molecular flexibility index (Phi) is 3.55. The highest BCUT2D eigenvalue weighted by Crippen LogP contribution is 1.93. The van der Waals surface area contributed by atoms with Crippen molar-refractivity contribution in [2.24, 2.45) is 0 Å². The van der Waals surface area contributed by atoms with Gasteiger partial charge in [-0.05, 0) is 6.92 Å². The van der Waals surface area contributed by atoms with Gasteiger partial charge in [-0.1, -0.05) is 36.8 Å². The average molecular weight is 177 g/mol. The standard InChI is InChI=1S/C11H20BN/c1-4-13(2,3)10-12-11-8-6-5-7-9-11/h5-9H,4,10,12H2,1-3H3. The first-order chi connectivity index (χ1) is 6.14. The first-order valence-corrected chi connectivity index (χ1v) is 5.35. The zero-order valence-electron chi connectivity index (χ0n) is 9.25. The normalized spacial score (nSPS) is 11.6. The molecular weight excluding hydrogens is 157 g/mol. The molecule has 0 aliphatic rings. The van der Waals surface area contributed by atoms with E-state index < -0.39 is 0 Å². The molecule has 1 nitrogen and oxygen atoms in total. The van der Waals surface area contributed by atoms with Crippen LogP contribution >= 0.6 is 0 Å². The number of hydrogen-bond acceptors (Lipinski definition) is 0. The van der Waals surface area contributed by atoms with Gasteiger partial charge < -0.3 is 4.48 Å². The molecule has 0 saturated heterocycles. The van der Waals surface area contributed by atoms with Gasteiger partial charge in [-0.25, -0.2) is 5.46 Å². The third-order valence-electron chi connectivity index (χ3n) is 3.22. The summed E-state index contributed by atoms with van der Waals surface area (Å²) < 4.78 is 1.16. The predicted octanol–water partition coefficient (Wildman–Crippen LogP) is 0.534. The SMILES string of the molecule is CC[N+](C)(C)C[BH2-]c1ccccc1. The van der Waals surface area contributed by atoms with Crippen LogP contribution in [0.4, 0.5) is 0 Å². The third-order valence-corrected chi connectivity index (χ3v) is 3.22. The number of quaternary nitrogens is 1. The Balaban J connectivity index is 2.44. The van der Waals surface area contributed by atoms with Crippen molar-refractivity contribution in [2.75, 3.05) is 27.1 Å². The van der Waals surface area contributed by atoms with Gasteiger partial charge in [0.2, 0.25) is 0 Å². The lowest BCUT2D eigenvalue weighted by molar-refractivity contribution is -0.877. The molecule has 0 spiro atoms. The minimum atomic E-state index is 0.0693. The number of rotatable bonds is 4. The molecule has 0 fully saturated rings. The molecule has 0 bridgehead atoms. The van der Waals surface area contributed by atoms with Gasteiger partial charge >= 0.3 is 0 Å². The Morgan fingerprint density at radius 2 is 1.77 bits per heavy atom. The molecule has 0 radical (unpaired) electrons. The van der Waals surface area contributed by atoms with E-state index in [4.69, 9.17) is 0 Å². The summed E-state index contributed by atoms with van der Waals surface area (Å²) in [5.41, 5.74) is 1.57. The number of nitrogens with zero attached hydrogens (tertiary/aromatic N) is 1. The van der Waals surface area contributed by atoms with E-state index in [0.717, 1.165) is 4.48 Å². The molecule has 0 atom stereocenters. The van der Waals surface area contributed by atoms with Crippen molar-refractivity contribution in [3.05, 3.63) is 30.3 Å². The van der Waals surface area contributed by atoms with Crippen LogP contribution < -0.4 is 5.46 Å². The van der Waals surface area contributed by atoms with Crippen LogP contribution in [0.15, 0.2) is 30.3 Å². The summed E-state index contributed by atoms with van der Waals surface area (Å²) in [6.45, 7) is 3.49. The Morgan fingerprint density at radius 1 is 1.15 bits per heavy atom. The van der Waals surface area contributed by atoms with Gasteiger partial charge in [-0.2, -0.15) is 0 Å². The maximum absolute atomic E-state index is 2.31. The molecular formula is C11H20BN.